The third-order valence-electron chi connectivity index (χ3n) is 1.37. The van der Waals surface area contributed by atoms with Crippen LogP contribution >= 0.6 is 0 Å². The molecule has 1 aromatic heterocycles. The van der Waals surface area contributed by atoms with Crippen LogP contribution in [0.2, 0.25) is 0 Å². The Kier molecular flexibility index (Phi) is 3.63. The fourth-order valence-corrected chi connectivity index (χ4v) is 1.18. The molecule has 0 radical (unpaired) electrons. The zero-order valence-corrected chi connectivity index (χ0v) is 8.06. The molecule has 13 heavy (non-hydrogen) atoms. The van der Waals surface area contributed by atoms with Gasteiger partial charge in [-0.15, -0.1) is 0 Å². The van der Waals surface area contributed by atoms with Crippen molar-refractivity contribution in [2.45, 2.75) is 0 Å². The summed E-state index contributed by atoms with van der Waals surface area (Å²) >= 11 is 0. The fourth-order valence-electron chi connectivity index (χ4n) is 0.788. The molecule has 2 N–H and O–H groups in total. The van der Waals surface area contributed by atoms with Gasteiger partial charge in [0.2, 0.25) is 0 Å². The van der Waals surface area contributed by atoms with Gasteiger partial charge in [0.05, 0.1) is 6.33 Å². The van der Waals surface area contributed by atoms with E-state index >= 15 is 0 Å². The Morgan fingerprint density at radius 3 is 3.08 bits per heavy atom. The van der Waals surface area contributed by atoms with E-state index in [1.807, 2.05) is 0 Å². The second kappa shape index (κ2) is 4.76. The zero-order valence-electron chi connectivity index (χ0n) is 7.24. The van der Waals surface area contributed by atoms with Crippen LogP contribution < -0.4 is 10.9 Å². The molecule has 0 aromatic carbocycles. The molecule has 6 heteroatoms. The summed E-state index contributed by atoms with van der Waals surface area (Å²) in [5, 5.41) is 2.89. The molecule has 0 bridgehead atoms. The molecule has 72 valence electrons. The lowest BCUT2D eigenvalue weighted by molar-refractivity contribution is 0.687. The molecule has 0 aliphatic carbocycles. The van der Waals surface area contributed by atoms with Gasteiger partial charge in [0, 0.05) is 35.4 Å². The van der Waals surface area contributed by atoms with Gasteiger partial charge in [0.15, 0.2) is 0 Å². The highest BCUT2D eigenvalue weighted by atomic mass is 32.2. The average molecular weight is 201 g/mol. The number of hydrogen-bond donors (Lipinski definition) is 2. The van der Waals surface area contributed by atoms with Crippen LogP contribution in [-0.4, -0.2) is 32.7 Å². The standard InChI is InChI=1S/C7H11N3O2S/c1-13(12)3-2-8-6-4-7(11)10-5-9-6/h4-5H,2-3H2,1H3,(H2,8,9,10,11). The lowest BCUT2D eigenvalue weighted by Crippen LogP contribution is -2.13. The minimum Gasteiger partial charge on any atom is -0.369 e. The molecule has 5 nitrogen and oxygen atoms in total. The van der Waals surface area contributed by atoms with Gasteiger partial charge in [-0.3, -0.25) is 9.00 Å². The van der Waals surface area contributed by atoms with Gasteiger partial charge < -0.3 is 10.3 Å². The maximum absolute atomic E-state index is 10.8. The van der Waals surface area contributed by atoms with Crippen molar-refractivity contribution < 1.29 is 4.21 Å². The molecule has 1 rings (SSSR count). The molecule has 1 unspecified atom stereocenters. The van der Waals surface area contributed by atoms with Crippen molar-refractivity contribution in [1.29, 1.82) is 0 Å². The summed E-state index contributed by atoms with van der Waals surface area (Å²) in [6.07, 6.45) is 2.96. The highest BCUT2D eigenvalue weighted by molar-refractivity contribution is 7.84. The molecule has 0 fully saturated rings. The van der Waals surface area contributed by atoms with Crippen LogP contribution in [0, 0.1) is 0 Å². The number of nitrogens with zero attached hydrogens (tertiary/aromatic N) is 1. The number of aromatic nitrogens is 2. The third-order valence-corrected chi connectivity index (χ3v) is 2.15. The van der Waals surface area contributed by atoms with Crippen molar-refractivity contribution in [3.8, 4) is 0 Å². The van der Waals surface area contributed by atoms with Gasteiger partial charge in [0.1, 0.15) is 5.82 Å². The molecule has 1 atom stereocenters. The molecule has 0 aliphatic rings. The van der Waals surface area contributed by atoms with Crippen LogP contribution in [0.3, 0.4) is 0 Å². The number of rotatable bonds is 4. The van der Waals surface area contributed by atoms with E-state index in [9.17, 15) is 9.00 Å². The van der Waals surface area contributed by atoms with Crippen LogP contribution in [0.4, 0.5) is 5.82 Å². The number of aromatic amines is 1. The van der Waals surface area contributed by atoms with Crippen LogP contribution in [0.25, 0.3) is 0 Å². The van der Waals surface area contributed by atoms with E-state index < -0.39 is 10.8 Å². The zero-order chi connectivity index (χ0) is 9.68. The van der Waals surface area contributed by atoms with Crippen LogP contribution in [0.15, 0.2) is 17.2 Å². The van der Waals surface area contributed by atoms with Crippen LogP contribution in [0.1, 0.15) is 0 Å². The summed E-state index contributed by atoms with van der Waals surface area (Å²) in [5.74, 6) is 1.06. The average Bonchev–Trinajstić information content (AvgIpc) is 2.03. The van der Waals surface area contributed by atoms with Crippen LogP contribution in [-0.2, 0) is 10.8 Å². The van der Waals surface area contributed by atoms with Crippen molar-refractivity contribution in [2.24, 2.45) is 0 Å². The SMILES string of the molecule is CS(=O)CCNc1cc(=O)[nH]cn1. The highest BCUT2D eigenvalue weighted by Crippen LogP contribution is 1.93. The monoisotopic (exact) mass is 201 g/mol. The number of anilines is 1. The van der Waals surface area contributed by atoms with Gasteiger partial charge >= 0.3 is 0 Å². The van der Waals surface area contributed by atoms with Crippen molar-refractivity contribution in [3.05, 3.63) is 22.7 Å². The van der Waals surface area contributed by atoms with E-state index in [4.69, 9.17) is 0 Å². The van der Waals surface area contributed by atoms with Gasteiger partial charge in [-0.05, 0) is 0 Å². The van der Waals surface area contributed by atoms with Gasteiger partial charge in [0.25, 0.3) is 5.56 Å². The van der Waals surface area contributed by atoms with Gasteiger partial charge in [-0.25, -0.2) is 4.98 Å². The Bertz CT molecular complexity index is 350. The predicted octanol–water partition coefficient (Wildman–Crippen LogP) is -0.440. The van der Waals surface area contributed by atoms with Gasteiger partial charge in [-0.1, -0.05) is 0 Å². The summed E-state index contributed by atoms with van der Waals surface area (Å²) in [6.45, 7) is 0.555. The minimum atomic E-state index is -0.821. The number of nitrogens with one attached hydrogen (secondary N) is 2. The molecule has 1 heterocycles. The molecular formula is C7H11N3O2S. The van der Waals surface area contributed by atoms with Crippen LogP contribution in [0.5, 0.6) is 0 Å². The normalized spacial score (nSPS) is 12.4. The molecule has 1 aromatic rings. The Morgan fingerprint density at radius 1 is 1.69 bits per heavy atom. The number of hydrogen-bond acceptors (Lipinski definition) is 4. The topological polar surface area (TPSA) is 74.8 Å². The Hall–Kier alpha value is -1.17. The summed E-state index contributed by atoms with van der Waals surface area (Å²) in [4.78, 5) is 17.1. The lowest BCUT2D eigenvalue weighted by Gasteiger charge is -2.01. The van der Waals surface area contributed by atoms with E-state index in [-0.39, 0.29) is 5.56 Å². The third kappa shape index (κ3) is 3.84. The highest BCUT2D eigenvalue weighted by Gasteiger charge is 1.94. The Balaban J connectivity index is 2.45. The van der Waals surface area contributed by atoms with E-state index in [0.717, 1.165) is 0 Å². The second-order valence-corrected chi connectivity index (χ2v) is 4.06. The molecule has 0 amide bonds. The molecule has 0 spiro atoms. The van der Waals surface area contributed by atoms with E-state index in [1.165, 1.54) is 12.4 Å². The molecule has 0 saturated carbocycles. The fraction of sp³-hybridized carbons (Fsp3) is 0.429. The first-order valence-electron chi connectivity index (χ1n) is 3.77. The van der Waals surface area contributed by atoms with E-state index in [2.05, 4.69) is 15.3 Å². The second-order valence-electron chi connectivity index (χ2n) is 2.50. The van der Waals surface area contributed by atoms with E-state index in [1.54, 1.807) is 6.26 Å². The first-order valence-corrected chi connectivity index (χ1v) is 5.50. The molecule has 0 saturated heterocycles. The van der Waals surface area contributed by atoms with Crippen molar-refractivity contribution in [2.75, 3.05) is 23.9 Å². The summed E-state index contributed by atoms with van der Waals surface area (Å²) in [6, 6.07) is 1.36. The van der Waals surface area contributed by atoms with Gasteiger partial charge in [-0.2, -0.15) is 0 Å². The van der Waals surface area contributed by atoms with Crippen molar-refractivity contribution in [3.63, 3.8) is 0 Å². The smallest absolute Gasteiger partial charge is 0.252 e. The quantitative estimate of drug-likeness (QED) is 0.692. The Labute approximate surface area is 78.1 Å². The minimum absolute atomic E-state index is 0.199. The number of H-pyrrole nitrogens is 1. The summed E-state index contributed by atoms with van der Waals surface area (Å²) < 4.78 is 10.7. The predicted molar refractivity (Wildman–Crippen MR) is 52.3 cm³/mol. The molecular weight excluding hydrogens is 190 g/mol. The Morgan fingerprint density at radius 2 is 2.46 bits per heavy atom. The maximum Gasteiger partial charge on any atom is 0.252 e. The first kappa shape index (κ1) is 9.91. The summed E-state index contributed by atoms with van der Waals surface area (Å²) in [5.41, 5.74) is -0.199. The largest absolute Gasteiger partial charge is 0.369 e. The van der Waals surface area contributed by atoms with Crippen molar-refractivity contribution >= 4 is 16.6 Å². The molecule has 0 aliphatic heterocycles. The lowest BCUT2D eigenvalue weighted by atomic mass is 10.5. The first-order chi connectivity index (χ1) is 6.18. The van der Waals surface area contributed by atoms with E-state index in [0.29, 0.717) is 18.1 Å². The van der Waals surface area contributed by atoms with Crippen molar-refractivity contribution in [1.82, 2.24) is 9.97 Å². The maximum atomic E-state index is 10.8. The summed E-state index contributed by atoms with van der Waals surface area (Å²) in [7, 11) is -0.821.